The first-order valence-corrected chi connectivity index (χ1v) is 15.1. The van der Waals surface area contributed by atoms with Crippen molar-refractivity contribution in [2.45, 2.75) is 35.7 Å². The lowest BCUT2D eigenvalue weighted by atomic mass is 9.90. The first-order chi connectivity index (χ1) is 18.4. The van der Waals surface area contributed by atoms with Crippen LogP contribution in [0.25, 0.3) is 22.3 Å². The Morgan fingerprint density at radius 1 is 1.18 bits per heavy atom. The van der Waals surface area contributed by atoms with Gasteiger partial charge in [0.05, 0.1) is 11.3 Å². The molecule has 2 N–H and O–H groups in total. The van der Waals surface area contributed by atoms with Crippen LogP contribution >= 0.6 is 22.6 Å². The molecular formula is C27H24F2IN5O3S. The van der Waals surface area contributed by atoms with Crippen LogP contribution in [0, 0.1) is 6.92 Å². The zero-order valence-electron chi connectivity index (χ0n) is 21.0. The van der Waals surface area contributed by atoms with Gasteiger partial charge >= 0.3 is 3.93 Å². The zero-order chi connectivity index (χ0) is 27.9. The van der Waals surface area contributed by atoms with Crippen molar-refractivity contribution in [3.8, 4) is 11.3 Å². The molecule has 5 rings (SSSR count). The van der Waals surface area contributed by atoms with Gasteiger partial charge in [-0.05, 0) is 43.5 Å². The largest absolute Gasteiger partial charge is 0.348 e. The molecule has 0 unspecified atom stereocenters. The van der Waals surface area contributed by atoms with Gasteiger partial charge in [-0.2, -0.15) is 13.9 Å². The number of amides is 1. The first-order valence-electron chi connectivity index (χ1n) is 12.0. The minimum atomic E-state index is -3.46. The fourth-order valence-corrected chi connectivity index (χ4v) is 6.37. The van der Waals surface area contributed by atoms with Gasteiger partial charge in [0.2, 0.25) is 0 Å². The Hall–Kier alpha value is -3.26. The lowest BCUT2D eigenvalue weighted by Gasteiger charge is -2.24. The van der Waals surface area contributed by atoms with E-state index in [9.17, 15) is 22.0 Å². The molecule has 0 saturated heterocycles. The number of aromatic nitrogens is 4. The molecule has 3 aromatic heterocycles. The summed E-state index contributed by atoms with van der Waals surface area (Å²) in [5.74, 6) is -0.989. The number of nitrogens with zero attached hydrogens (tertiary/aromatic N) is 3. The number of H-pyrrole nitrogens is 1. The Labute approximate surface area is 237 Å². The van der Waals surface area contributed by atoms with Gasteiger partial charge in [0, 0.05) is 80.8 Å². The average molecular weight is 663 g/mol. The number of pyridine rings is 2. The summed E-state index contributed by atoms with van der Waals surface area (Å²) in [4.78, 5) is 22.0. The van der Waals surface area contributed by atoms with Crippen LogP contribution in [-0.4, -0.2) is 46.8 Å². The van der Waals surface area contributed by atoms with Gasteiger partial charge in [0.25, 0.3) is 5.91 Å². The molecule has 3 heterocycles. The lowest BCUT2D eigenvalue weighted by molar-refractivity contribution is 0.0934. The van der Waals surface area contributed by atoms with Crippen LogP contribution < -0.4 is 5.32 Å². The maximum atomic E-state index is 14.5. The number of aryl methyl sites for hydroxylation is 1. The highest BCUT2D eigenvalue weighted by atomic mass is 127. The summed E-state index contributed by atoms with van der Waals surface area (Å²) in [6.45, 7) is 1.87. The Bertz CT molecular complexity index is 1720. The molecule has 202 valence electrons. The summed E-state index contributed by atoms with van der Waals surface area (Å²) >= 11 is 1.09. The van der Waals surface area contributed by atoms with Crippen molar-refractivity contribution in [2.24, 2.45) is 0 Å². The van der Waals surface area contributed by atoms with E-state index < -0.39 is 31.6 Å². The van der Waals surface area contributed by atoms with Crippen LogP contribution in [0.5, 0.6) is 0 Å². The number of carbonyl (C=O) groups excluding carboxylic acids is 1. The lowest BCUT2D eigenvalue weighted by Crippen LogP contribution is -2.37. The van der Waals surface area contributed by atoms with Crippen molar-refractivity contribution >= 4 is 49.4 Å². The molecule has 12 heteroatoms. The van der Waals surface area contributed by atoms with E-state index in [0.717, 1.165) is 40.1 Å². The average Bonchev–Trinajstić information content (AvgIpc) is 3.45. The van der Waals surface area contributed by atoms with Crippen LogP contribution in [0.1, 0.15) is 45.9 Å². The van der Waals surface area contributed by atoms with E-state index in [2.05, 4.69) is 25.5 Å². The van der Waals surface area contributed by atoms with Crippen molar-refractivity contribution in [2.75, 3.05) is 6.26 Å². The highest BCUT2D eigenvalue weighted by Crippen LogP contribution is 2.45. The highest BCUT2D eigenvalue weighted by Gasteiger charge is 2.39. The van der Waals surface area contributed by atoms with E-state index in [1.807, 2.05) is 19.1 Å². The molecule has 1 aliphatic rings. The zero-order valence-corrected chi connectivity index (χ0v) is 23.9. The van der Waals surface area contributed by atoms with E-state index in [4.69, 9.17) is 0 Å². The number of rotatable bonds is 6. The molecule has 2 atom stereocenters. The Morgan fingerprint density at radius 3 is 2.67 bits per heavy atom. The predicted octanol–water partition coefficient (Wildman–Crippen LogP) is 5.42. The van der Waals surface area contributed by atoms with E-state index in [1.165, 1.54) is 23.7 Å². The van der Waals surface area contributed by atoms with Crippen LogP contribution in [-0.2, 0) is 13.8 Å². The van der Waals surface area contributed by atoms with Crippen LogP contribution in [0.4, 0.5) is 8.78 Å². The van der Waals surface area contributed by atoms with Crippen molar-refractivity contribution in [1.29, 1.82) is 0 Å². The molecule has 1 aliphatic carbocycles. The number of halogens is 3. The molecule has 39 heavy (non-hydrogen) atoms. The second-order valence-electron chi connectivity index (χ2n) is 9.66. The van der Waals surface area contributed by atoms with Gasteiger partial charge in [-0.25, -0.2) is 13.4 Å². The molecule has 0 bridgehead atoms. The first kappa shape index (κ1) is 27.3. The number of sulfone groups is 1. The number of hydrogen-bond acceptors (Lipinski definition) is 6. The van der Waals surface area contributed by atoms with Crippen molar-refractivity contribution in [3.63, 3.8) is 0 Å². The standard InChI is InChI=1S/C27H24F2IN5O3S/c1-15-9-17(7-8-31-15)24-21-12-18(13-32-25(21)35-34-24)26(36)33-23-11-16(14-39(2,37)38)10-20(23)19-5-3-4-6-22(19)27(28,29)30/h3-9,12-14,20,23H,10-11H2,1-2H3,(H,33,36)(H,32,34,35)/b16-14-/t20-,23+/m1/s1. The number of alkyl halides is 3. The number of carbonyl (C=O) groups is 1. The number of hydrogen-bond donors (Lipinski definition) is 2. The summed E-state index contributed by atoms with van der Waals surface area (Å²) in [7, 11) is -3.46. The fraction of sp³-hybridized carbons (Fsp3) is 0.259. The molecule has 1 fully saturated rings. The Morgan fingerprint density at radius 2 is 1.95 bits per heavy atom. The number of benzene rings is 1. The smallest absolute Gasteiger partial charge is 0.321 e. The summed E-state index contributed by atoms with van der Waals surface area (Å²) in [6, 6.07) is 11.0. The molecule has 1 amide bonds. The van der Waals surface area contributed by atoms with E-state index in [-0.39, 0.29) is 24.0 Å². The molecule has 1 aromatic carbocycles. The molecule has 0 aliphatic heterocycles. The highest BCUT2D eigenvalue weighted by molar-refractivity contribution is 14.1. The maximum Gasteiger partial charge on any atom is 0.321 e. The van der Waals surface area contributed by atoms with Gasteiger partial charge in [0.15, 0.2) is 15.5 Å². The summed E-state index contributed by atoms with van der Waals surface area (Å²) in [5.41, 5.74) is 3.83. The third-order valence-electron chi connectivity index (χ3n) is 6.67. The Kier molecular flexibility index (Phi) is 7.27. The monoisotopic (exact) mass is 663 g/mol. The molecular weight excluding hydrogens is 639 g/mol. The molecule has 0 spiro atoms. The summed E-state index contributed by atoms with van der Waals surface area (Å²) < 4.78 is 49.8. The van der Waals surface area contributed by atoms with Gasteiger partial charge in [-0.1, -0.05) is 29.8 Å². The quantitative estimate of drug-likeness (QED) is 0.210. The molecule has 0 radical (unpaired) electrons. The normalized spacial score (nSPS) is 19.1. The van der Waals surface area contributed by atoms with E-state index in [0.29, 0.717) is 27.9 Å². The maximum absolute atomic E-state index is 14.5. The van der Waals surface area contributed by atoms with E-state index in [1.54, 1.807) is 24.4 Å². The van der Waals surface area contributed by atoms with Gasteiger partial charge < -0.3 is 5.32 Å². The number of fused-ring (bicyclic) bond motifs is 1. The second-order valence-corrected chi connectivity index (χ2v) is 12.9. The third-order valence-corrected chi connectivity index (χ3v) is 8.01. The van der Waals surface area contributed by atoms with Gasteiger partial charge in [-0.3, -0.25) is 14.9 Å². The summed E-state index contributed by atoms with van der Waals surface area (Å²) in [5, 5.41) is 12.0. The minimum absolute atomic E-state index is 0.158. The SMILES string of the molecule is Cc1cc(-c2[nH]nc3ncc(C(=O)N[C@H]4C/C(=C\S(C)(=O)=O)C[C@@H]4c4ccccc4C(F)(F)I)cc23)ccn1. The predicted molar refractivity (Wildman–Crippen MR) is 152 cm³/mol. The molecule has 1 saturated carbocycles. The van der Waals surface area contributed by atoms with Crippen LogP contribution in [0.2, 0.25) is 0 Å². The van der Waals surface area contributed by atoms with Crippen molar-refractivity contribution in [1.82, 2.24) is 25.5 Å². The third kappa shape index (κ3) is 6.01. The Balaban J connectivity index is 1.49. The second kappa shape index (κ2) is 10.4. The van der Waals surface area contributed by atoms with Gasteiger partial charge in [-0.15, -0.1) is 0 Å². The number of nitrogens with one attached hydrogen (secondary N) is 2. The molecule has 8 nitrogen and oxygen atoms in total. The van der Waals surface area contributed by atoms with E-state index >= 15 is 0 Å². The van der Waals surface area contributed by atoms with Gasteiger partial charge in [0.1, 0.15) is 0 Å². The topological polar surface area (TPSA) is 118 Å². The minimum Gasteiger partial charge on any atom is -0.348 e. The number of aromatic amines is 1. The van der Waals surface area contributed by atoms with Crippen molar-refractivity contribution in [3.05, 3.63) is 88.2 Å². The molecule has 4 aromatic rings. The fourth-order valence-electron chi connectivity index (χ4n) is 5.09. The van der Waals surface area contributed by atoms with Crippen LogP contribution in [0.3, 0.4) is 0 Å². The van der Waals surface area contributed by atoms with Crippen LogP contribution in [0.15, 0.2) is 65.8 Å². The summed E-state index contributed by atoms with van der Waals surface area (Å²) in [6.07, 6.45) is 4.62. The van der Waals surface area contributed by atoms with Crippen molar-refractivity contribution < 1.29 is 22.0 Å².